The molecule has 4 heteroatoms. The number of oxime groups is 1. The van der Waals surface area contributed by atoms with Crippen LogP contribution in [0.5, 0.6) is 0 Å². The highest BCUT2D eigenvalue weighted by atomic mass is 19.1. The lowest BCUT2D eigenvalue weighted by Crippen LogP contribution is -2.09. The SMILES string of the molecule is Cc1ccc(C(=O)O/N=C(/c2ccc(F)cc2)[C@@H]2C[C@H]2c2ccc(C)cc2)cc1. The number of hydrogen-bond donors (Lipinski definition) is 0. The Morgan fingerprint density at radius 2 is 1.41 bits per heavy atom. The number of carbonyl (C=O) groups is 1. The fraction of sp³-hybridized carbons (Fsp3) is 0.200. The highest BCUT2D eigenvalue weighted by Gasteiger charge is 2.43. The summed E-state index contributed by atoms with van der Waals surface area (Å²) in [6.07, 6.45) is 0.918. The van der Waals surface area contributed by atoms with Crippen LogP contribution in [0.2, 0.25) is 0 Å². The van der Waals surface area contributed by atoms with Gasteiger partial charge >= 0.3 is 5.97 Å². The largest absolute Gasteiger partial charge is 0.365 e. The van der Waals surface area contributed by atoms with Crippen LogP contribution < -0.4 is 0 Å². The molecule has 4 rings (SSSR count). The van der Waals surface area contributed by atoms with Crippen molar-refractivity contribution in [2.45, 2.75) is 26.2 Å². The monoisotopic (exact) mass is 387 g/mol. The third-order valence-corrected chi connectivity index (χ3v) is 5.30. The fourth-order valence-electron chi connectivity index (χ4n) is 3.47. The lowest BCUT2D eigenvalue weighted by molar-refractivity contribution is 0.0515. The molecule has 3 aromatic rings. The quantitative estimate of drug-likeness (QED) is 0.315. The Bertz CT molecular complexity index is 1040. The Kier molecular flexibility index (Phi) is 5.26. The Labute approximate surface area is 169 Å². The third-order valence-electron chi connectivity index (χ3n) is 5.30. The van der Waals surface area contributed by atoms with Gasteiger partial charge in [0.25, 0.3) is 0 Å². The zero-order valence-electron chi connectivity index (χ0n) is 16.4. The normalized spacial score (nSPS) is 18.4. The van der Waals surface area contributed by atoms with E-state index in [9.17, 15) is 9.18 Å². The lowest BCUT2D eigenvalue weighted by Gasteiger charge is -2.07. The van der Waals surface area contributed by atoms with Crippen LogP contribution in [0.4, 0.5) is 4.39 Å². The molecule has 0 bridgehead atoms. The summed E-state index contributed by atoms with van der Waals surface area (Å²) in [7, 11) is 0. The van der Waals surface area contributed by atoms with Gasteiger partial charge in [0.1, 0.15) is 5.82 Å². The minimum Gasteiger partial charge on any atom is -0.313 e. The molecular formula is C25H22FNO2. The summed E-state index contributed by atoms with van der Waals surface area (Å²) in [5.41, 5.74) is 5.41. The van der Waals surface area contributed by atoms with Crippen LogP contribution in [-0.2, 0) is 4.84 Å². The standard InChI is InChI=1S/C25H22FNO2/c1-16-3-7-18(8-4-16)22-15-23(22)24(19-11-13-21(26)14-12-19)27-29-25(28)20-9-5-17(2)6-10-20/h3-14,22-23H,15H2,1-2H3/b27-24-/t22-,23+/m0/s1. The maximum atomic E-state index is 13.4. The highest BCUT2D eigenvalue weighted by Crippen LogP contribution is 2.49. The van der Waals surface area contributed by atoms with E-state index >= 15 is 0 Å². The van der Waals surface area contributed by atoms with Crippen LogP contribution in [-0.4, -0.2) is 11.7 Å². The molecule has 1 saturated carbocycles. The second-order valence-electron chi connectivity index (χ2n) is 7.59. The number of benzene rings is 3. The molecule has 146 valence electrons. The highest BCUT2D eigenvalue weighted by molar-refractivity contribution is 6.04. The first-order valence-electron chi connectivity index (χ1n) is 9.69. The zero-order chi connectivity index (χ0) is 20.4. The van der Waals surface area contributed by atoms with Gasteiger partial charge < -0.3 is 4.84 Å². The van der Waals surface area contributed by atoms with Crippen molar-refractivity contribution in [2.24, 2.45) is 11.1 Å². The Hall–Kier alpha value is -3.27. The maximum absolute atomic E-state index is 13.4. The van der Waals surface area contributed by atoms with Gasteiger partial charge in [-0.25, -0.2) is 9.18 Å². The summed E-state index contributed by atoms with van der Waals surface area (Å²) in [5.74, 6) is -0.362. The number of hydrogen-bond acceptors (Lipinski definition) is 3. The minimum absolute atomic E-state index is 0.133. The van der Waals surface area contributed by atoms with Crippen LogP contribution in [0.15, 0.2) is 78.0 Å². The van der Waals surface area contributed by atoms with E-state index in [0.717, 1.165) is 17.5 Å². The van der Waals surface area contributed by atoms with Crippen molar-refractivity contribution in [1.82, 2.24) is 0 Å². The molecule has 3 aromatic carbocycles. The first-order valence-corrected chi connectivity index (χ1v) is 9.69. The number of carbonyl (C=O) groups excluding carboxylic acids is 1. The number of halogens is 1. The Morgan fingerprint density at radius 1 is 0.862 bits per heavy atom. The predicted molar refractivity (Wildman–Crippen MR) is 112 cm³/mol. The molecular weight excluding hydrogens is 365 g/mol. The van der Waals surface area contributed by atoms with Crippen LogP contribution in [0.1, 0.15) is 45.0 Å². The van der Waals surface area contributed by atoms with Gasteiger partial charge in [-0.15, -0.1) is 0 Å². The first kappa shape index (κ1) is 19.1. The smallest absolute Gasteiger partial charge is 0.313 e. The average molecular weight is 387 g/mol. The van der Waals surface area contributed by atoms with E-state index in [2.05, 4.69) is 36.3 Å². The fourth-order valence-corrected chi connectivity index (χ4v) is 3.47. The van der Waals surface area contributed by atoms with Gasteiger partial charge in [-0.1, -0.05) is 64.8 Å². The molecule has 1 fully saturated rings. The van der Waals surface area contributed by atoms with Crippen molar-refractivity contribution in [1.29, 1.82) is 0 Å². The molecule has 0 saturated heterocycles. The molecule has 0 aliphatic heterocycles. The van der Waals surface area contributed by atoms with E-state index in [-0.39, 0.29) is 11.7 Å². The second-order valence-corrected chi connectivity index (χ2v) is 7.59. The van der Waals surface area contributed by atoms with Crippen LogP contribution in [0.25, 0.3) is 0 Å². The Balaban J connectivity index is 1.58. The molecule has 1 aliphatic carbocycles. The molecule has 0 N–H and O–H groups in total. The minimum atomic E-state index is -0.503. The molecule has 0 spiro atoms. The first-order chi connectivity index (χ1) is 14.0. The van der Waals surface area contributed by atoms with Crippen LogP contribution >= 0.6 is 0 Å². The molecule has 0 heterocycles. The summed E-state index contributed by atoms with van der Waals surface area (Å²) in [6.45, 7) is 4.02. The van der Waals surface area contributed by atoms with E-state index < -0.39 is 5.97 Å². The van der Waals surface area contributed by atoms with Crippen molar-refractivity contribution >= 4 is 11.7 Å². The number of aryl methyl sites for hydroxylation is 2. The van der Waals surface area contributed by atoms with Gasteiger partial charge in [-0.05, 0) is 61.6 Å². The van der Waals surface area contributed by atoms with Crippen LogP contribution in [0.3, 0.4) is 0 Å². The molecule has 0 radical (unpaired) electrons. The van der Waals surface area contributed by atoms with Gasteiger partial charge in [-0.3, -0.25) is 0 Å². The summed E-state index contributed by atoms with van der Waals surface area (Å²) in [5, 5.41) is 4.22. The molecule has 0 aromatic heterocycles. The van der Waals surface area contributed by atoms with Crippen molar-refractivity contribution in [3.63, 3.8) is 0 Å². The van der Waals surface area contributed by atoms with Crippen molar-refractivity contribution in [3.05, 3.63) is 106 Å². The topological polar surface area (TPSA) is 38.7 Å². The van der Waals surface area contributed by atoms with E-state index in [1.165, 1.54) is 23.3 Å². The van der Waals surface area contributed by atoms with E-state index in [4.69, 9.17) is 4.84 Å². The zero-order valence-corrected chi connectivity index (χ0v) is 16.4. The van der Waals surface area contributed by atoms with Crippen molar-refractivity contribution in [3.8, 4) is 0 Å². The number of nitrogens with zero attached hydrogens (tertiary/aromatic N) is 1. The van der Waals surface area contributed by atoms with E-state index in [1.54, 1.807) is 24.3 Å². The second kappa shape index (κ2) is 8.00. The number of rotatable bonds is 5. The Morgan fingerprint density at radius 3 is 2.03 bits per heavy atom. The molecule has 3 nitrogen and oxygen atoms in total. The van der Waals surface area contributed by atoms with Crippen molar-refractivity contribution in [2.75, 3.05) is 0 Å². The van der Waals surface area contributed by atoms with E-state index in [0.29, 0.717) is 17.2 Å². The summed E-state index contributed by atoms with van der Waals surface area (Å²) in [4.78, 5) is 17.7. The van der Waals surface area contributed by atoms with Gasteiger partial charge in [0.2, 0.25) is 0 Å². The van der Waals surface area contributed by atoms with Crippen molar-refractivity contribution < 1.29 is 14.0 Å². The van der Waals surface area contributed by atoms with Gasteiger partial charge in [0, 0.05) is 5.92 Å². The summed E-state index contributed by atoms with van der Waals surface area (Å²) in [6, 6.07) is 21.7. The average Bonchev–Trinajstić information content (AvgIpc) is 3.51. The molecule has 2 atom stereocenters. The van der Waals surface area contributed by atoms with Gasteiger partial charge in [-0.2, -0.15) is 0 Å². The predicted octanol–water partition coefficient (Wildman–Crippen LogP) is 5.81. The molecule has 0 unspecified atom stereocenters. The summed E-state index contributed by atoms with van der Waals surface area (Å²) >= 11 is 0. The maximum Gasteiger partial charge on any atom is 0.365 e. The van der Waals surface area contributed by atoms with Crippen LogP contribution in [0, 0.1) is 25.6 Å². The van der Waals surface area contributed by atoms with E-state index in [1.807, 2.05) is 19.1 Å². The van der Waals surface area contributed by atoms with Gasteiger partial charge in [0.15, 0.2) is 0 Å². The molecule has 1 aliphatic rings. The third kappa shape index (κ3) is 4.43. The van der Waals surface area contributed by atoms with Gasteiger partial charge in [0.05, 0.1) is 11.3 Å². The molecule has 29 heavy (non-hydrogen) atoms. The molecule has 0 amide bonds. The lowest BCUT2D eigenvalue weighted by atomic mass is 10.0. The summed E-state index contributed by atoms with van der Waals surface area (Å²) < 4.78 is 13.4.